The topological polar surface area (TPSA) is 167 Å². The average molecular weight is 342 g/mol. The largest absolute Gasteiger partial charge is 0.351 e. The lowest BCUT2D eigenvalue weighted by atomic mass is 10.4. The fourth-order valence-corrected chi connectivity index (χ4v) is 1.86. The number of nitrogens with one attached hydrogen (secondary N) is 2. The molecule has 0 saturated carbocycles. The molecular formula is C9H14N2O8S2. The first-order chi connectivity index (χ1) is 9.45. The Morgan fingerprint density at radius 1 is 1.14 bits per heavy atom. The minimum absolute atomic E-state index is 0.405. The monoisotopic (exact) mass is 342 g/mol. The molecule has 0 spiro atoms. The van der Waals surface area contributed by atoms with Gasteiger partial charge in [-0.1, -0.05) is 6.58 Å². The summed E-state index contributed by atoms with van der Waals surface area (Å²) in [5, 5.41) is 2.02. The van der Waals surface area contributed by atoms with Gasteiger partial charge in [-0.05, 0) is 12.2 Å². The lowest BCUT2D eigenvalue weighted by Crippen LogP contribution is -2.38. The van der Waals surface area contributed by atoms with Gasteiger partial charge in [0.25, 0.3) is 20.2 Å². The van der Waals surface area contributed by atoms with E-state index in [9.17, 15) is 26.4 Å². The molecule has 0 rings (SSSR count). The summed E-state index contributed by atoms with van der Waals surface area (Å²) in [6.45, 7) is 2.68. The van der Waals surface area contributed by atoms with Gasteiger partial charge in [-0.2, -0.15) is 16.8 Å². The van der Waals surface area contributed by atoms with Crippen LogP contribution < -0.4 is 10.6 Å². The number of hydrogen-bond acceptors (Lipinski definition) is 6. The van der Waals surface area contributed by atoms with E-state index >= 15 is 0 Å². The molecule has 2 amide bonds. The van der Waals surface area contributed by atoms with Crippen LogP contribution in [0.4, 0.5) is 0 Å². The number of carbonyl (C=O) groups is 2. The van der Waals surface area contributed by atoms with Crippen LogP contribution in [0.2, 0.25) is 0 Å². The van der Waals surface area contributed by atoms with E-state index in [0.717, 1.165) is 6.08 Å². The van der Waals surface area contributed by atoms with Gasteiger partial charge in [-0.3, -0.25) is 18.7 Å². The molecule has 1 unspecified atom stereocenters. The molecular weight excluding hydrogens is 328 g/mol. The first-order valence-electron chi connectivity index (χ1n) is 5.26. The van der Waals surface area contributed by atoms with E-state index in [4.69, 9.17) is 9.11 Å². The second-order valence-corrected chi connectivity index (χ2v) is 6.69. The molecule has 0 aliphatic rings. The fourth-order valence-electron chi connectivity index (χ4n) is 0.958. The first kappa shape index (κ1) is 19.2. The summed E-state index contributed by atoms with van der Waals surface area (Å²) in [4.78, 5) is 22.2. The van der Waals surface area contributed by atoms with Gasteiger partial charge in [0.2, 0.25) is 11.8 Å². The Balaban J connectivity index is 4.67. The van der Waals surface area contributed by atoms with Crippen molar-refractivity contribution in [3.63, 3.8) is 0 Å². The van der Waals surface area contributed by atoms with E-state index in [0.29, 0.717) is 12.2 Å². The van der Waals surface area contributed by atoms with Crippen molar-refractivity contribution in [2.24, 2.45) is 0 Å². The lowest BCUT2D eigenvalue weighted by Gasteiger charge is -2.10. The molecule has 21 heavy (non-hydrogen) atoms. The summed E-state index contributed by atoms with van der Waals surface area (Å²) < 4.78 is 59.9. The molecule has 0 saturated heterocycles. The van der Waals surface area contributed by atoms with Crippen LogP contribution in [0, 0.1) is 0 Å². The van der Waals surface area contributed by atoms with Gasteiger partial charge in [0.15, 0.2) is 5.37 Å². The summed E-state index contributed by atoms with van der Waals surface area (Å²) >= 11 is 0. The SMILES string of the molecule is C=CC(=O)NC(C=CC(=O)NCCS(=O)(=O)O)S(=O)(=O)O. The van der Waals surface area contributed by atoms with Crippen LogP contribution in [0.3, 0.4) is 0 Å². The molecule has 0 radical (unpaired) electrons. The van der Waals surface area contributed by atoms with E-state index in [2.05, 4.69) is 6.58 Å². The Morgan fingerprint density at radius 2 is 1.71 bits per heavy atom. The van der Waals surface area contributed by atoms with Crippen LogP contribution in [0.25, 0.3) is 0 Å². The van der Waals surface area contributed by atoms with E-state index in [-0.39, 0.29) is 0 Å². The third kappa shape index (κ3) is 9.73. The van der Waals surface area contributed by atoms with E-state index in [1.807, 2.05) is 10.6 Å². The van der Waals surface area contributed by atoms with E-state index in [1.165, 1.54) is 0 Å². The van der Waals surface area contributed by atoms with Crippen molar-refractivity contribution in [1.82, 2.24) is 10.6 Å². The smallest absolute Gasteiger partial charge is 0.290 e. The van der Waals surface area contributed by atoms with Gasteiger partial charge in [-0.25, -0.2) is 0 Å². The Hall–Kier alpha value is -1.76. The maximum atomic E-state index is 11.2. The summed E-state index contributed by atoms with van der Waals surface area (Å²) in [7, 11) is -8.93. The lowest BCUT2D eigenvalue weighted by molar-refractivity contribution is -0.117. The third-order valence-electron chi connectivity index (χ3n) is 1.87. The van der Waals surface area contributed by atoms with Crippen molar-refractivity contribution in [1.29, 1.82) is 0 Å². The summed E-state index contributed by atoms with van der Waals surface area (Å²) in [5.74, 6) is -2.50. The maximum Gasteiger partial charge on any atom is 0.290 e. The minimum Gasteiger partial charge on any atom is -0.351 e. The van der Waals surface area contributed by atoms with E-state index < -0.39 is 49.7 Å². The zero-order valence-electron chi connectivity index (χ0n) is 10.6. The van der Waals surface area contributed by atoms with Crippen molar-refractivity contribution in [2.45, 2.75) is 5.37 Å². The summed E-state index contributed by atoms with van der Waals surface area (Å²) in [6.07, 6.45) is 2.11. The van der Waals surface area contributed by atoms with Crippen molar-refractivity contribution < 1.29 is 35.5 Å². The highest BCUT2D eigenvalue weighted by Crippen LogP contribution is 1.97. The standard InChI is InChI=1S/C9H14N2O8S2/c1-2-7(12)11-9(21(17,18)19)4-3-8(13)10-5-6-20(14,15)16/h2-4,9H,1,5-6H2,(H,10,13)(H,11,12)(H,14,15,16)(H,17,18,19). The molecule has 4 N–H and O–H groups in total. The Labute approximate surface area is 121 Å². The second-order valence-electron chi connectivity index (χ2n) is 3.58. The number of carbonyl (C=O) groups excluding carboxylic acids is 2. The highest BCUT2D eigenvalue weighted by Gasteiger charge is 2.21. The normalized spacial score (nSPS) is 13.6. The maximum absolute atomic E-state index is 11.2. The van der Waals surface area contributed by atoms with Gasteiger partial charge < -0.3 is 10.6 Å². The molecule has 0 aromatic carbocycles. The van der Waals surface area contributed by atoms with Crippen LogP contribution in [-0.4, -0.2) is 55.4 Å². The van der Waals surface area contributed by atoms with Crippen LogP contribution in [0.1, 0.15) is 0 Å². The van der Waals surface area contributed by atoms with Crippen molar-refractivity contribution in [2.75, 3.05) is 12.3 Å². The molecule has 12 heteroatoms. The summed E-state index contributed by atoms with van der Waals surface area (Å²) in [5.41, 5.74) is 0. The van der Waals surface area contributed by atoms with Gasteiger partial charge in [0.1, 0.15) is 0 Å². The molecule has 120 valence electrons. The predicted molar refractivity (Wildman–Crippen MR) is 72.2 cm³/mol. The first-order valence-corrected chi connectivity index (χ1v) is 8.37. The number of rotatable bonds is 8. The molecule has 0 aliphatic heterocycles. The highest BCUT2D eigenvalue weighted by atomic mass is 32.2. The molecule has 0 aromatic heterocycles. The molecule has 0 bridgehead atoms. The minimum atomic E-state index is -4.69. The van der Waals surface area contributed by atoms with Crippen LogP contribution in [-0.2, 0) is 29.8 Å². The predicted octanol–water partition coefficient (Wildman–Crippen LogP) is -1.94. The zero-order chi connectivity index (χ0) is 16.7. The van der Waals surface area contributed by atoms with Gasteiger partial charge in [-0.15, -0.1) is 0 Å². The summed E-state index contributed by atoms with van der Waals surface area (Å²) in [6, 6.07) is 0. The molecule has 10 nitrogen and oxygen atoms in total. The van der Waals surface area contributed by atoms with Crippen LogP contribution in [0.15, 0.2) is 24.8 Å². The molecule has 0 aliphatic carbocycles. The van der Waals surface area contributed by atoms with Crippen molar-refractivity contribution in [3.05, 3.63) is 24.8 Å². The molecule has 0 fully saturated rings. The average Bonchev–Trinajstić information content (AvgIpc) is 2.30. The van der Waals surface area contributed by atoms with Gasteiger partial charge >= 0.3 is 0 Å². The quantitative estimate of drug-likeness (QED) is 0.292. The Kier molecular flexibility index (Phi) is 7.21. The van der Waals surface area contributed by atoms with Gasteiger partial charge in [0.05, 0.1) is 5.75 Å². The van der Waals surface area contributed by atoms with E-state index in [1.54, 1.807) is 0 Å². The zero-order valence-corrected chi connectivity index (χ0v) is 12.2. The Morgan fingerprint density at radius 3 is 2.14 bits per heavy atom. The van der Waals surface area contributed by atoms with Crippen LogP contribution >= 0.6 is 0 Å². The number of amides is 2. The van der Waals surface area contributed by atoms with Crippen LogP contribution in [0.5, 0.6) is 0 Å². The third-order valence-corrected chi connectivity index (χ3v) is 3.51. The molecule has 1 atom stereocenters. The van der Waals surface area contributed by atoms with Crippen molar-refractivity contribution >= 4 is 32.1 Å². The molecule has 0 heterocycles. The fraction of sp³-hybridized carbons (Fsp3) is 0.333. The number of hydrogen-bond donors (Lipinski definition) is 4. The Bertz CT molecular complexity index is 635. The molecule has 0 aromatic rings. The highest BCUT2D eigenvalue weighted by molar-refractivity contribution is 7.86. The second kappa shape index (κ2) is 7.87. The van der Waals surface area contributed by atoms with Crippen molar-refractivity contribution in [3.8, 4) is 0 Å². The van der Waals surface area contributed by atoms with Gasteiger partial charge in [0, 0.05) is 12.6 Å².